The molecule has 1 aliphatic rings. The van der Waals surface area contributed by atoms with Gasteiger partial charge in [0.2, 0.25) is 0 Å². The molecule has 1 atom stereocenters. The fourth-order valence-corrected chi connectivity index (χ4v) is 2.71. The van der Waals surface area contributed by atoms with Crippen LogP contribution in [-0.4, -0.2) is 29.5 Å². The molecule has 102 valence electrons. The monoisotopic (exact) mass is 271 g/mol. The molecule has 1 aromatic rings. The van der Waals surface area contributed by atoms with Gasteiger partial charge in [0.05, 0.1) is 29.6 Å². The molecule has 0 aromatic carbocycles. The average Bonchev–Trinajstić information content (AvgIpc) is 2.67. The van der Waals surface area contributed by atoms with Crippen LogP contribution in [0, 0.1) is 5.92 Å². The third-order valence-corrected chi connectivity index (χ3v) is 3.93. The van der Waals surface area contributed by atoms with E-state index in [1.165, 1.54) is 12.8 Å². The molecule has 0 spiro atoms. The van der Waals surface area contributed by atoms with Crippen molar-refractivity contribution in [3.05, 3.63) is 16.4 Å². The lowest BCUT2D eigenvalue weighted by Gasteiger charge is -2.22. The second-order valence-corrected chi connectivity index (χ2v) is 5.29. The van der Waals surface area contributed by atoms with E-state index in [9.17, 15) is 0 Å². The molecule has 2 rings (SSSR count). The molecule has 1 saturated heterocycles. The largest absolute Gasteiger partial charge is 0.375 e. The quantitative estimate of drug-likeness (QED) is 0.892. The number of ether oxygens (including phenoxy) is 1. The first-order valence-electron chi connectivity index (χ1n) is 6.71. The third kappa shape index (κ3) is 3.25. The van der Waals surface area contributed by atoms with E-state index >= 15 is 0 Å². The molecule has 0 bridgehead atoms. The Morgan fingerprint density at radius 3 is 3.00 bits per heavy atom. The van der Waals surface area contributed by atoms with Crippen molar-refractivity contribution < 1.29 is 4.74 Å². The summed E-state index contributed by atoms with van der Waals surface area (Å²) in [4.78, 5) is 0. The molecule has 1 fully saturated rings. The second kappa shape index (κ2) is 6.55. The summed E-state index contributed by atoms with van der Waals surface area (Å²) in [6.45, 7) is 5.63. The molecule has 0 saturated carbocycles. The van der Waals surface area contributed by atoms with Gasteiger partial charge in [-0.05, 0) is 31.7 Å². The minimum absolute atomic E-state index is 0.554. The lowest BCUT2D eigenvalue weighted by Crippen LogP contribution is -2.32. The summed E-state index contributed by atoms with van der Waals surface area (Å²) in [7, 11) is 1.92. The van der Waals surface area contributed by atoms with Crippen LogP contribution in [0.3, 0.4) is 0 Å². The first-order valence-corrected chi connectivity index (χ1v) is 7.08. The van der Waals surface area contributed by atoms with Gasteiger partial charge in [-0.1, -0.05) is 18.5 Å². The molecular formula is C13H22ClN3O. The fourth-order valence-electron chi connectivity index (χ4n) is 2.37. The van der Waals surface area contributed by atoms with Gasteiger partial charge in [-0.2, -0.15) is 5.10 Å². The van der Waals surface area contributed by atoms with Crippen LogP contribution >= 0.6 is 11.6 Å². The van der Waals surface area contributed by atoms with E-state index in [4.69, 9.17) is 16.3 Å². The van der Waals surface area contributed by atoms with Crippen LogP contribution in [0.25, 0.3) is 0 Å². The van der Waals surface area contributed by atoms with Gasteiger partial charge in [0.15, 0.2) is 0 Å². The van der Waals surface area contributed by atoms with E-state index < -0.39 is 0 Å². The Bertz CT molecular complexity index is 386. The highest BCUT2D eigenvalue weighted by atomic mass is 35.5. The zero-order chi connectivity index (χ0) is 13.0. The van der Waals surface area contributed by atoms with Gasteiger partial charge in [-0.3, -0.25) is 4.68 Å². The summed E-state index contributed by atoms with van der Waals surface area (Å²) in [6.07, 6.45) is 3.37. The molecule has 2 heterocycles. The van der Waals surface area contributed by atoms with Crippen LogP contribution in [-0.2, 0) is 24.8 Å². The maximum atomic E-state index is 6.28. The topological polar surface area (TPSA) is 39.1 Å². The highest BCUT2D eigenvalue weighted by Crippen LogP contribution is 2.22. The lowest BCUT2D eigenvalue weighted by molar-refractivity contribution is 0.0746. The predicted molar refractivity (Wildman–Crippen MR) is 72.8 cm³/mol. The van der Waals surface area contributed by atoms with Gasteiger partial charge in [0.1, 0.15) is 0 Å². The fraction of sp³-hybridized carbons (Fsp3) is 0.769. The molecule has 1 unspecified atom stereocenters. The van der Waals surface area contributed by atoms with Crippen molar-refractivity contribution in [3.8, 4) is 0 Å². The van der Waals surface area contributed by atoms with Gasteiger partial charge in [-0.15, -0.1) is 0 Å². The number of nitrogens with one attached hydrogen (secondary N) is 1. The summed E-state index contributed by atoms with van der Waals surface area (Å²) in [6, 6.07) is 0. The zero-order valence-corrected chi connectivity index (χ0v) is 12.0. The van der Waals surface area contributed by atoms with Gasteiger partial charge in [0.25, 0.3) is 0 Å². The van der Waals surface area contributed by atoms with E-state index in [0.717, 1.165) is 42.5 Å². The van der Waals surface area contributed by atoms with E-state index in [0.29, 0.717) is 12.5 Å². The van der Waals surface area contributed by atoms with Crippen molar-refractivity contribution in [2.75, 3.05) is 19.7 Å². The Balaban J connectivity index is 1.84. The first kappa shape index (κ1) is 13.8. The number of rotatable bonds is 5. The summed E-state index contributed by atoms with van der Waals surface area (Å²) in [5, 5.41) is 8.55. The van der Waals surface area contributed by atoms with Crippen LogP contribution in [0.2, 0.25) is 5.02 Å². The summed E-state index contributed by atoms with van der Waals surface area (Å²) in [5.41, 5.74) is 1.94. The molecule has 0 amide bonds. The lowest BCUT2D eigenvalue weighted by atomic mass is 10.0. The smallest absolute Gasteiger partial charge is 0.0900 e. The van der Waals surface area contributed by atoms with Crippen molar-refractivity contribution >= 4 is 11.6 Å². The highest BCUT2D eigenvalue weighted by molar-refractivity contribution is 6.31. The average molecular weight is 272 g/mol. The Morgan fingerprint density at radius 1 is 1.56 bits per heavy atom. The molecule has 1 aliphatic heterocycles. The van der Waals surface area contributed by atoms with Gasteiger partial charge >= 0.3 is 0 Å². The van der Waals surface area contributed by atoms with Crippen LogP contribution < -0.4 is 5.32 Å². The van der Waals surface area contributed by atoms with Crippen LogP contribution in [0.1, 0.15) is 31.2 Å². The standard InChI is InChI=1S/C13H22ClN3O/c1-3-11-13(14)12(17(2)16-11)9-18-8-10-5-4-6-15-7-10/h10,15H,3-9H2,1-2H3. The third-order valence-electron chi connectivity index (χ3n) is 3.49. The number of nitrogens with zero attached hydrogens (tertiary/aromatic N) is 2. The zero-order valence-electron chi connectivity index (χ0n) is 11.2. The highest BCUT2D eigenvalue weighted by Gasteiger charge is 2.16. The van der Waals surface area contributed by atoms with Crippen molar-refractivity contribution in [2.45, 2.75) is 32.8 Å². The Morgan fingerprint density at radius 2 is 2.39 bits per heavy atom. The summed E-state index contributed by atoms with van der Waals surface area (Å²) in [5.74, 6) is 0.636. The normalized spacial score (nSPS) is 20.3. The molecular weight excluding hydrogens is 250 g/mol. The Hall–Kier alpha value is -0.580. The van der Waals surface area contributed by atoms with Crippen molar-refractivity contribution in [3.63, 3.8) is 0 Å². The van der Waals surface area contributed by atoms with Gasteiger partial charge < -0.3 is 10.1 Å². The number of hydrogen-bond donors (Lipinski definition) is 1. The van der Waals surface area contributed by atoms with Gasteiger partial charge in [0, 0.05) is 13.6 Å². The van der Waals surface area contributed by atoms with E-state index in [1.807, 2.05) is 11.7 Å². The van der Waals surface area contributed by atoms with E-state index in [1.54, 1.807) is 0 Å². The maximum absolute atomic E-state index is 6.28. The van der Waals surface area contributed by atoms with Crippen molar-refractivity contribution in [1.82, 2.24) is 15.1 Å². The minimum atomic E-state index is 0.554. The maximum Gasteiger partial charge on any atom is 0.0900 e. The molecule has 0 radical (unpaired) electrons. The molecule has 1 aromatic heterocycles. The summed E-state index contributed by atoms with van der Waals surface area (Å²) >= 11 is 6.28. The molecule has 0 aliphatic carbocycles. The number of halogens is 1. The van der Waals surface area contributed by atoms with E-state index in [-0.39, 0.29) is 0 Å². The van der Waals surface area contributed by atoms with Crippen molar-refractivity contribution in [2.24, 2.45) is 13.0 Å². The number of hydrogen-bond acceptors (Lipinski definition) is 3. The van der Waals surface area contributed by atoms with E-state index in [2.05, 4.69) is 17.3 Å². The van der Waals surface area contributed by atoms with Gasteiger partial charge in [-0.25, -0.2) is 0 Å². The first-order chi connectivity index (χ1) is 8.72. The summed E-state index contributed by atoms with van der Waals surface area (Å²) < 4.78 is 7.63. The minimum Gasteiger partial charge on any atom is -0.375 e. The van der Waals surface area contributed by atoms with Crippen LogP contribution in [0.4, 0.5) is 0 Å². The van der Waals surface area contributed by atoms with Crippen LogP contribution in [0.15, 0.2) is 0 Å². The van der Waals surface area contributed by atoms with Crippen LogP contribution in [0.5, 0.6) is 0 Å². The number of piperidine rings is 1. The molecule has 5 heteroatoms. The SMILES string of the molecule is CCc1nn(C)c(COCC2CCCNC2)c1Cl. The Labute approximate surface area is 114 Å². The second-order valence-electron chi connectivity index (χ2n) is 4.91. The number of aryl methyl sites for hydroxylation is 2. The molecule has 18 heavy (non-hydrogen) atoms. The predicted octanol–water partition coefficient (Wildman–Crippen LogP) is 2.15. The van der Waals surface area contributed by atoms with Crippen molar-refractivity contribution in [1.29, 1.82) is 0 Å². The Kier molecular flexibility index (Phi) is 5.03. The molecule has 1 N–H and O–H groups in total. The molecule has 4 nitrogen and oxygen atoms in total. The number of aromatic nitrogens is 2.